The molecule has 1 N–H and O–H groups in total. The number of rotatable bonds is 4. The Kier molecular flexibility index (Phi) is 4.00. The van der Waals surface area contributed by atoms with Crippen LogP contribution in [-0.4, -0.2) is 34.7 Å². The minimum Gasteiger partial charge on any atom is -0.482 e. The molecule has 128 valence electrons. The molecule has 1 aliphatic carbocycles. The van der Waals surface area contributed by atoms with Crippen LogP contribution in [0.15, 0.2) is 18.2 Å². The molecule has 1 amide bonds. The fourth-order valence-electron chi connectivity index (χ4n) is 2.44. The Hall–Kier alpha value is -1.79. The first kappa shape index (κ1) is 17.0. The number of nitrogens with one attached hydrogen (secondary N) is 1. The van der Waals surface area contributed by atoms with Crippen LogP contribution >= 0.6 is 23.2 Å². The van der Waals surface area contributed by atoms with E-state index >= 15 is 0 Å². The van der Waals surface area contributed by atoms with Gasteiger partial charge in [0.2, 0.25) is 5.78 Å². The smallest absolute Gasteiger partial charge is 0.315 e. The fourth-order valence-corrected chi connectivity index (χ4v) is 3.13. The Bertz CT molecular complexity index is 748. The van der Waals surface area contributed by atoms with E-state index in [9.17, 15) is 14.4 Å². The van der Waals surface area contributed by atoms with Gasteiger partial charge in [-0.05, 0) is 32.0 Å². The molecule has 1 aromatic rings. The Balaban J connectivity index is 1.71. The van der Waals surface area contributed by atoms with E-state index in [0.29, 0.717) is 17.0 Å². The van der Waals surface area contributed by atoms with Gasteiger partial charge >= 0.3 is 5.97 Å². The lowest BCUT2D eigenvalue weighted by molar-refractivity contribution is -0.152. The number of hydrogen-bond acceptors (Lipinski definition) is 5. The molecule has 3 rings (SSSR count). The van der Waals surface area contributed by atoms with Crippen LogP contribution in [0.5, 0.6) is 5.75 Å². The highest BCUT2D eigenvalue weighted by Crippen LogP contribution is 2.64. The number of alkyl halides is 2. The predicted molar refractivity (Wildman–Crippen MR) is 87.6 cm³/mol. The Morgan fingerprint density at radius 2 is 2.04 bits per heavy atom. The van der Waals surface area contributed by atoms with Crippen molar-refractivity contribution in [1.29, 1.82) is 0 Å². The van der Waals surface area contributed by atoms with Gasteiger partial charge in [0.05, 0.1) is 5.69 Å². The van der Waals surface area contributed by atoms with Gasteiger partial charge in [-0.1, -0.05) is 0 Å². The maximum absolute atomic E-state index is 12.5. The molecule has 24 heavy (non-hydrogen) atoms. The Labute approximate surface area is 148 Å². The van der Waals surface area contributed by atoms with Crippen LogP contribution in [0.3, 0.4) is 0 Å². The average Bonchev–Trinajstić information content (AvgIpc) is 3.05. The van der Waals surface area contributed by atoms with Crippen LogP contribution < -0.4 is 10.1 Å². The first-order valence-corrected chi connectivity index (χ1v) is 8.09. The monoisotopic (exact) mass is 371 g/mol. The molecule has 0 unspecified atom stereocenters. The van der Waals surface area contributed by atoms with E-state index in [1.807, 2.05) is 0 Å². The molecule has 0 radical (unpaired) electrons. The number of ketones is 1. The highest BCUT2D eigenvalue weighted by Gasteiger charge is 2.69. The average molecular weight is 372 g/mol. The topological polar surface area (TPSA) is 81.7 Å². The zero-order valence-corrected chi connectivity index (χ0v) is 14.5. The number of Topliss-reactive ketones (excluding diaryl/α,β-unsaturated/α-hetero) is 1. The summed E-state index contributed by atoms with van der Waals surface area (Å²) in [5.41, 5.74) is -0.295. The molecule has 1 heterocycles. The molecule has 0 saturated heterocycles. The van der Waals surface area contributed by atoms with E-state index in [1.54, 1.807) is 19.1 Å². The van der Waals surface area contributed by atoms with Crippen molar-refractivity contribution in [2.24, 2.45) is 5.41 Å². The lowest BCUT2D eigenvalue weighted by Gasteiger charge is -2.20. The second kappa shape index (κ2) is 5.63. The number of benzene rings is 1. The van der Waals surface area contributed by atoms with Crippen LogP contribution in [0.1, 0.15) is 30.6 Å². The number of fused-ring (bicyclic) bond motifs is 1. The lowest BCUT2D eigenvalue weighted by atomic mass is 10.0. The third kappa shape index (κ3) is 2.84. The molecule has 0 bridgehead atoms. The third-order valence-corrected chi connectivity index (χ3v) is 5.36. The van der Waals surface area contributed by atoms with Crippen LogP contribution in [0.25, 0.3) is 0 Å². The van der Waals surface area contributed by atoms with Crippen molar-refractivity contribution in [2.75, 3.05) is 11.9 Å². The minimum absolute atomic E-state index is 0.0640. The van der Waals surface area contributed by atoms with Gasteiger partial charge in [0, 0.05) is 12.0 Å². The molecule has 6 nitrogen and oxygen atoms in total. The van der Waals surface area contributed by atoms with E-state index in [1.165, 1.54) is 13.0 Å². The van der Waals surface area contributed by atoms with Gasteiger partial charge < -0.3 is 14.8 Å². The molecule has 2 atom stereocenters. The molecule has 1 saturated carbocycles. The highest BCUT2D eigenvalue weighted by molar-refractivity contribution is 6.53. The van der Waals surface area contributed by atoms with Crippen molar-refractivity contribution in [3.05, 3.63) is 23.8 Å². The number of carbonyl (C=O) groups excluding carboxylic acids is 3. The van der Waals surface area contributed by atoms with Crippen molar-refractivity contribution in [1.82, 2.24) is 0 Å². The van der Waals surface area contributed by atoms with E-state index in [-0.39, 0.29) is 18.9 Å². The normalized spacial score (nSPS) is 24.9. The van der Waals surface area contributed by atoms with E-state index in [0.717, 1.165) is 0 Å². The lowest BCUT2D eigenvalue weighted by Crippen LogP contribution is -2.30. The zero-order chi connectivity index (χ0) is 17.7. The number of anilines is 1. The SMILES string of the molecule is C[C@@H](OC(=O)[C@@]1(C)CC1(Cl)Cl)C(=O)c1ccc2c(c1)NC(=O)CO2. The van der Waals surface area contributed by atoms with Gasteiger partial charge in [0.15, 0.2) is 12.7 Å². The Morgan fingerprint density at radius 3 is 2.67 bits per heavy atom. The first-order valence-electron chi connectivity index (χ1n) is 7.34. The summed E-state index contributed by atoms with van der Waals surface area (Å²) < 4.78 is 9.30. The van der Waals surface area contributed by atoms with E-state index < -0.39 is 27.6 Å². The largest absolute Gasteiger partial charge is 0.482 e. The zero-order valence-electron chi connectivity index (χ0n) is 13.0. The van der Waals surface area contributed by atoms with Crippen molar-refractivity contribution in [3.63, 3.8) is 0 Å². The van der Waals surface area contributed by atoms with E-state index in [4.69, 9.17) is 32.7 Å². The van der Waals surface area contributed by atoms with Crippen molar-refractivity contribution in [3.8, 4) is 5.75 Å². The summed E-state index contributed by atoms with van der Waals surface area (Å²) in [6, 6.07) is 4.63. The number of amides is 1. The number of carbonyl (C=O) groups is 3. The van der Waals surface area contributed by atoms with Crippen LogP contribution in [0.4, 0.5) is 5.69 Å². The van der Waals surface area contributed by atoms with Crippen molar-refractivity contribution >= 4 is 46.5 Å². The first-order chi connectivity index (χ1) is 11.1. The van der Waals surface area contributed by atoms with Gasteiger partial charge in [-0.15, -0.1) is 23.2 Å². The summed E-state index contributed by atoms with van der Waals surface area (Å²) in [4.78, 5) is 36.0. The quantitative estimate of drug-likeness (QED) is 0.499. The molecular weight excluding hydrogens is 357 g/mol. The van der Waals surface area contributed by atoms with Crippen molar-refractivity contribution < 1.29 is 23.9 Å². The molecule has 8 heteroatoms. The Morgan fingerprint density at radius 1 is 1.38 bits per heavy atom. The van der Waals surface area contributed by atoms with Crippen LogP contribution in [-0.2, 0) is 14.3 Å². The maximum Gasteiger partial charge on any atom is 0.315 e. The molecule has 2 aliphatic rings. The predicted octanol–water partition coefficient (Wildman–Crippen LogP) is 2.72. The minimum atomic E-state index is -1.15. The summed E-state index contributed by atoms with van der Waals surface area (Å²) in [6.45, 7) is 3.01. The maximum atomic E-state index is 12.5. The fraction of sp³-hybridized carbons (Fsp3) is 0.438. The van der Waals surface area contributed by atoms with Crippen molar-refractivity contribution in [2.45, 2.75) is 30.7 Å². The second-order valence-corrected chi connectivity index (χ2v) is 7.66. The van der Waals surface area contributed by atoms with Gasteiger partial charge in [-0.25, -0.2) is 0 Å². The van der Waals surface area contributed by atoms with Gasteiger partial charge in [-0.3, -0.25) is 14.4 Å². The summed E-state index contributed by atoms with van der Waals surface area (Å²) in [5.74, 6) is -0.822. The summed E-state index contributed by atoms with van der Waals surface area (Å²) in [6.07, 6.45) is -0.720. The number of halogens is 2. The number of esters is 1. The second-order valence-electron chi connectivity index (χ2n) is 6.17. The molecule has 0 spiro atoms. The van der Waals surface area contributed by atoms with Gasteiger partial charge in [0.25, 0.3) is 5.91 Å². The van der Waals surface area contributed by atoms with Gasteiger partial charge in [-0.2, -0.15) is 0 Å². The van der Waals surface area contributed by atoms with Gasteiger partial charge in [0.1, 0.15) is 15.5 Å². The standard InChI is InChI=1S/C16H15Cl2NO5/c1-8(24-14(22)15(2)7-16(15,17)18)13(21)9-3-4-11-10(5-9)19-12(20)6-23-11/h3-5,8H,6-7H2,1-2H3,(H,19,20)/t8-,15-/m1/s1. The van der Waals surface area contributed by atoms with Crippen LogP contribution in [0, 0.1) is 5.41 Å². The van der Waals surface area contributed by atoms with Crippen LogP contribution in [0.2, 0.25) is 0 Å². The highest BCUT2D eigenvalue weighted by atomic mass is 35.5. The molecule has 1 aromatic carbocycles. The summed E-state index contributed by atoms with van der Waals surface area (Å²) in [7, 11) is 0. The molecule has 0 aromatic heterocycles. The summed E-state index contributed by atoms with van der Waals surface area (Å²) in [5, 5.41) is 2.62. The molecule has 1 fully saturated rings. The summed E-state index contributed by atoms with van der Waals surface area (Å²) >= 11 is 11.9. The molecule has 1 aliphatic heterocycles. The number of ether oxygens (including phenoxy) is 2. The van der Waals surface area contributed by atoms with E-state index in [2.05, 4.69) is 5.32 Å². The third-order valence-electron chi connectivity index (χ3n) is 4.26. The molecular formula is C16H15Cl2NO5. The number of hydrogen-bond donors (Lipinski definition) is 1.